The van der Waals surface area contributed by atoms with E-state index in [0.717, 1.165) is 0 Å². The number of hydrogen-bond acceptors (Lipinski definition) is 7. The van der Waals surface area contributed by atoms with E-state index < -0.39 is 15.2 Å². The number of fused-ring (bicyclic) bond motifs is 1. The first-order valence-electron chi connectivity index (χ1n) is 3.43. The molecule has 7 nitrogen and oxygen atoms in total. The van der Waals surface area contributed by atoms with Gasteiger partial charge in [-0.15, -0.1) is 0 Å². The molecule has 1 N–H and O–H groups in total. The zero-order valence-corrected chi connectivity index (χ0v) is 8.23. The van der Waals surface area contributed by atoms with Crippen LogP contribution in [0.2, 0.25) is 0 Å². The average Bonchev–Trinajstić information content (AvgIpc) is 2.49. The minimum absolute atomic E-state index is 0.148. The van der Waals surface area contributed by atoms with E-state index in [1.165, 1.54) is 12.7 Å². The van der Waals surface area contributed by atoms with Crippen molar-refractivity contribution in [2.75, 3.05) is 0 Å². The predicted molar refractivity (Wildman–Crippen MR) is 54.8 cm³/mol. The van der Waals surface area contributed by atoms with Crippen LogP contribution in [0, 0.1) is 0 Å². The van der Waals surface area contributed by atoms with Crippen molar-refractivity contribution >= 4 is 43.5 Å². The van der Waals surface area contributed by atoms with Crippen LogP contribution in [0.15, 0.2) is 20.0 Å². The van der Waals surface area contributed by atoms with Crippen molar-refractivity contribution < 1.29 is 13.0 Å². The molecule has 2 heterocycles. The lowest BCUT2D eigenvalue weighted by atomic mass is 10.3. The SMILES string of the molecule is O=S(=O)(O)SC1=NC=NC2=NC=NC21. The van der Waals surface area contributed by atoms with Gasteiger partial charge in [-0.25, -0.2) is 15.0 Å². The summed E-state index contributed by atoms with van der Waals surface area (Å²) in [4.78, 5) is 15.2. The molecule has 0 aromatic rings. The molecular formula is C5H4N4O3S2. The molecule has 9 heteroatoms. The molecule has 0 fully saturated rings. The number of hydrogen-bond donors (Lipinski definition) is 1. The molecule has 74 valence electrons. The third kappa shape index (κ3) is 1.89. The second-order valence-electron chi connectivity index (χ2n) is 2.38. The first-order valence-corrected chi connectivity index (χ1v) is 6.20. The lowest BCUT2D eigenvalue weighted by Crippen LogP contribution is -2.26. The van der Waals surface area contributed by atoms with Gasteiger partial charge in [0, 0.05) is 0 Å². The van der Waals surface area contributed by atoms with E-state index in [9.17, 15) is 8.42 Å². The van der Waals surface area contributed by atoms with E-state index in [2.05, 4.69) is 20.0 Å². The van der Waals surface area contributed by atoms with Crippen molar-refractivity contribution in [3.05, 3.63) is 0 Å². The molecule has 0 aromatic carbocycles. The molecular weight excluding hydrogens is 228 g/mol. The van der Waals surface area contributed by atoms with E-state index in [-0.39, 0.29) is 15.8 Å². The van der Waals surface area contributed by atoms with Gasteiger partial charge in [0.25, 0.3) is 0 Å². The van der Waals surface area contributed by atoms with Crippen molar-refractivity contribution in [3.63, 3.8) is 0 Å². The van der Waals surface area contributed by atoms with Crippen LogP contribution in [-0.4, -0.2) is 42.6 Å². The first-order chi connectivity index (χ1) is 6.56. The quantitative estimate of drug-likeness (QED) is 0.498. The maximum atomic E-state index is 10.6. The van der Waals surface area contributed by atoms with E-state index >= 15 is 0 Å². The standard InChI is InChI=1S/C5H4N4O3S2/c10-14(11,12)13-5-3-4(7-1-6-3)8-2-9-5/h1-3H,(H,10,11,12). The Kier molecular flexibility index (Phi) is 2.21. The highest BCUT2D eigenvalue weighted by molar-refractivity contribution is 8.76. The zero-order chi connectivity index (χ0) is 10.2. The summed E-state index contributed by atoms with van der Waals surface area (Å²) in [6.07, 6.45) is 2.46. The highest BCUT2D eigenvalue weighted by Crippen LogP contribution is 2.21. The fourth-order valence-corrected chi connectivity index (χ4v) is 2.58. The van der Waals surface area contributed by atoms with Crippen LogP contribution in [0.4, 0.5) is 0 Å². The van der Waals surface area contributed by atoms with Gasteiger partial charge in [-0.05, 0) is 0 Å². The van der Waals surface area contributed by atoms with Crippen LogP contribution >= 0.6 is 10.8 Å². The molecule has 1 unspecified atom stereocenters. The average molecular weight is 232 g/mol. The van der Waals surface area contributed by atoms with Crippen molar-refractivity contribution in [2.45, 2.75) is 6.04 Å². The van der Waals surface area contributed by atoms with Crippen molar-refractivity contribution in [1.29, 1.82) is 0 Å². The summed E-state index contributed by atoms with van der Waals surface area (Å²) in [7, 11) is -3.92. The fraction of sp³-hybridized carbons (Fsp3) is 0.200. The Morgan fingerprint density at radius 2 is 2.14 bits per heavy atom. The number of aliphatic imine (C=N–C) groups is 4. The van der Waals surface area contributed by atoms with Gasteiger partial charge < -0.3 is 0 Å². The molecule has 0 saturated carbocycles. The molecule has 2 aliphatic rings. The molecule has 0 amide bonds. The smallest absolute Gasteiger partial charge is 0.277 e. The van der Waals surface area contributed by atoms with E-state index in [4.69, 9.17) is 4.55 Å². The summed E-state index contributed by atoms with van der Waals surface area (Å²) < 4.78 is 29.8. The van der Waals surface area contributed by atoms with Gasteiger partial charge in [-0.2, -0.15) is 8.42 Å². The molecule has 0 aromatic heterocycles. The van der Waals surface area contributed by atoms with Gasteiger partial charge in [-0.3, -0.25) is 9.55 Å². The summed E-state index contributed by atoms with van der Waals surface area (Å²) in [6.45, 7) is 0. The minimum atomic E-state index is -4.17. The Morgan fingerprint density at radius 1 is 1.36 bits per heavy atom. The van der Waals surface area contributed by atoms with E-state index in [0.29, 0.717) is 5.84 Å². The zero-order valence-electron chi connectivity index (χ0n) is 6.60. The second kappa shape index (κ2) is 3.26. The number of rotatable bonds is 1. The Labute approximate surface area is 82.9 Å². The molecule has 0 spiro atoms. The maximum Gasteiger partial charge on any atom is 0.325 e. The van der Waals surface area contributed by atoms with Crippen molar-refractivity contribution in [3.8, 4) is 0 Å². The second-order valence-corrected chi connectivity index (χ2v) is 5.58. The Bertz CT molecular complexity index is 475. The molecule has 2 rings (SSSR count). The van der Waals surface area contributed by atoms with Crippen LogP contribution in [0.1, 0.15) is 0 Å². The highest BCUT2D eigenvalue weighted by atomic mass is 33.1. The lowest BCUT2D eigenvalue weighted by molar-refractivity contribution is 0.503. The van der Waals surface area contributed by atoms with E-state index in [1.807, 2.05) is 0 Å². The van der Waals surface area contributed by atoms with Crippen LogP contribution in [0.5, 0.6) is 0 Å². The topological polar surface area (TPSA) is 104 Å². The third-order valence-corrected chi connectivity index (χ3v) is 3.30. The molecule has 0 radical (unpaired) electrons. The summed E-state index contributed by atoms with van der Waals surface area (Å²) in [6, 6.07) is -0.591. The summed E-state index contributed by atoms with van der Waals surface area (Å²) in [5.41, 5.74) is 0. The Morgan fingerprint density at radius 3 is 2.86 bits per heavy atom. The normalized spacial score (nSPS) is 24.5. The monoisotopic (exact) mass is 232 g/mol. The van der Waals surface area contributed by atoms with Crippen LogP contribution in [-0.2, 0) is 9.15 Å². The molecule has 2 aliphatic heterocycles. The fourth-order valence-electron chi connectivity index (χ4n) is 0.965. The molecule has 1 atom stereocenters. The highest BCUT2D eigenvalue weighted by Gasteiger charge is 2.29. The van der Waals surface area contributed by atoms with Gasteiger partial charge in [-0.1, -0.05) is 0 Å². The molecule has 0 saturated heterocycles. The third-order valence-electron chi connectivity index (χ3n) is 1.45. The van der Waals surface area contributed by atoms with Gasteiger partial charge in [0.05, 0.1) is 10.8 Å². The first kappa shape index (κ1) is 9.49. The Hall–Kier alpha value is -1.06. The Balaban J connectivity index is 2.28. The number of nitrogens with zero attached hydrogens (tertiary/aromatic N) is 4. The maximum absolute atomic E-state index is 10.6. The van der Waals surface area contributed by atoms with Crippen LogP contribution < -0.4 is 0 Å². The van der Waals surface area contributed by atoms with Crippen molar-refractivity contribution in [2.24, 2.45) is 20.0 Å². The summed E-state index contributed by atoms with van der Waals surface area (Å²) in [5, 5.41) is 0.148. The van der Waals surface area contributed by atoms with Crippen LogP contribution in [0.25, 0.3) is 0 Å². The van der Waals surface area contributed by atoms with Crippen LogP contribution in [0.3, 0.4) is 0 Å². The summed E-state index contributed by atoms with van der Waals surface area (Å²) in [5.74, 6) is 0.381. The molecule has 0 aliphatic carbocycles. The van der Waals surface area contributed by atoms with Gasteiger partial charge in [0.15, 0.2) is 11.9 Å². The van der Waals surface area contributed by atoms with Crippen molar-refractivity contribution in [1.82, 2.24) is 0 Å². The number of amidine groups is 1. The lowest BCUT2D eigenvalue weighted by Gasteiger charge is -2.10. The predicted octanol–water partition coefficient (Wildman–Crippen LogP) is -0.228. The van der Waals surface area contributed by atoms with E-state index in [1.54, 1.807) is 0 Å². The largest absolute Gasteiger partial charge is 0.325 e. The van der Waals surface area contributed by atoms with Gasteiger partial charge in [0.1, 0.15) is 17.7 Å². The van der Waals surface area contributed by atoms with Gasteiger partial charge in [0.2, 0.25) is 0 Å². The van der Waals surface area contributed by atoms with Gasteiger partial charge >= 0.3 is 9.15 Å². The molecule has 0 bridgehead atoms. The molecule has 14 heavy (non-hydrogen) atoms. The summed E-state index contributed by atoms with van der Waals surface area (Å²) >= 11 is 0. The minimum Gasteiger partial charge on any atom is -0.277 e.